The minimum atomic E-state index is -0.341. The SMILES string of the molecule is C#CCON1C(=O)CSCC1=O. The zero-order valence-electron chi connectivity index (χ0n) is 6.28. The molecule has 0 N–H and O–H groups in total. The summed E-state index contributed by atoms with van der Waals surface area (Å²) in [4.78, 5) is 26.7. The summed E-state index contributed by atoms with van der Waals surface area (Å²) in [6.45, 7) is -0.0534. The van der Waals surface area contributed by atoms with Gasteiger partial charge < -0.3 is 0 Å². The van der Waals surface area contributed by atoms with Crippen LogP contribution in [0.2, 0.25) is 0 Å². The van der Waals surface area contributed by atoms with Gasteiger partial charge in [-0.05, 0) is 0 Å². The molecule has 0 aromatic rings. The van der Waals surface area contributed by atoms with Crippen LogP contribution in [0.25, 0.3) is 0 Å². The first-order chi connectivity index (χ1) is 5.75. The number of thioether (sulfide) groups is 1. The van der Waals surface area contributed by atoms with Crippen LogP contribution in [0.1, 0.15) is 0 Å². The molecule has 5 heteroatoms. The fraction of sp³-hybridized carbons (Fsp3) is 0.429. The van der Waals surface area contributed by atoms with Gasteiger partial charge in [-0.15, -0.1) is 18.2 Å². The maximum atomic E-state index is 11.0. The topological polar surface area (TPSA) is 46.6 Å². The lowest BCUT2D eigenvalue weighted by Crippen LogP contribution is -2.42. The van der Waals surface area contributed by atoms with Crippen molar-refractivity contribution in [2.75, 3.05) is 18.1 Å². The Morgan fingerprint density at radius 1 is 1.50 bits per heavy atom. The third-order valence-corrected chi connectivity index (χ3v) is 2.08. The van der Waals surface area contributed by atoms with E-state index >= 15 is 0 Å². The van der Waals surface area contributed by atoms with Crippen LogP contribution in [-0.4, -0.2) is 35.0 Å². The molecule has 2 amide bonds. The zero-order chi connectivity index (χ0) is 8.97. The van der Waals surface area contributed by atoms with Gasteiger partial charge in [-0.3, -0.25) is 14.4 Å². The Labute approximate surface area is 74.2 Å². The molecule has 1 heterocycles. The zero-order valence-corrected chi connectivity index (χ0v) is 7.10. The molecule has 1 aliphatic heterocycles. The van der Waals surface area contributed by atoms with Crippen LogP contribution in [0.5, 0.6) is 0 Å². The second-order valence-electron chi connectivity index (χ2n) is 2.05. The lowest BCUT2D eigenvalue weighted by atomic mass is 10.6. The van der Waals surface area contributed by atoms with Crippen molar-refractivity contribution in [3.05, 3.63) is 0 Å². The quantitative estimate of drug-likeness (QED) is 0.436. The second kappa shape index (κ2) is 4.14. The summed E-state index contributed by atoms with van der Waals surface area (Å²) >= 11 is 1.28. The van der Waals surface area contributed by atoms with Crippen molar-refractivity contribution in [2.45, 2.75) is 0 Å². The molecule has 4 nitrogen and oxygen atoms in total. The van der Waals surface area contributed by atoms with Crippen molar-refractivity contribution in [1.82, 2.24) is 5.06 Å². The number of hydrogen-bond acceptors (Lipinski definition) is 4. The van der Waals surface area contributed by atoms with Crippen LogP contribution in [-0.2, 0) is 14.4 Å². The maximum Gasteiger partial charge on any atom is 0.263 e. The number of amides is 2. The number of nitrogens with zero attached hydrogens (tertiary/aromatic N) is 1. The first kappa shape index (κ1) is 9.10. The third-order valence-electron chi connectivity index (χ3n) is 1.18. The monoisotopic (exact) mass is 185 g/mol. The average molecular weight is 185 g/mol. The molecular weight excluding hydrogens is 178 g/mol. The van der Waals surface area contributed by atoms with Gasteiger partial charge in [-0.25, -0.2) is 0 Å². The van der Waals surface area contributed by atoms with E-state index in [4.69, 9.17) is 11.3 Å². The fourth-order valence-electron chi connectivity index (χ4n) is 0.728. The van der Waals surface area contributed by atoms with Crippen molar-refractivity contribution in [2.24, 2.45) is 0 Å². The number of hydrogen-bond donors (Lipinski definition) is 0. The largest absolute Gasteiger partial charge is 0.271 e. The highest BCUT2D eigenvalue weighted by atomic mass is 32.2. The molecule has 1 rings (SSSR count). The summed E-state index contributed by atoms with van der Waals surface area (Å²) in [6.07, 6.45) is 4.91. The molecule has 0 aromatic heterocycles. The van der Waals surface area contributed by atoms with E-state index in [-0.39, 0.29) is 29.9 Å². The number of carbonyl (C=O) groups excluding carboxylic acids is 2. The summed E-state index contributed by atoms with van der Waals surface area (Å²) in [5.41, 5.74) is 0. The Bertz CT molecular complexity index is 230. The van der Waals surface area contributed by atoms with Crippen molar-refractivity contribution in [3.63, 3.8) is 0 Å². The summed E-state index contributed by atoms with van der Waals surface area (Å²) in [5, 5.41) is 0.746. The van der Waals surface area contributed by atoms with Gasteiger partial charge in [0.1, 0.15) is 6.61 Å². The molecule has 0 unspecified atom stereocenters. The van der Waals surface area contributed by atoms with Crippen molar-refractivity contribution < 1.29 is 14.4 Å². The molecule has 12 heavy (non-hydrogen) atoms. The standard InChI is InChI=1S/C7H7NO3S/c1-2-3-11-8-6(9)4-12-5-7(8)10/h1H,3-5H2. The first-order valence-electron chi connectivity index (χ1n) is 3.25. The number of rotatable bonds is 2. The van der Waals surface area contributed by atoms with Gasteiger partial charge in [-0.2, -0.15) is 5.06 Å². The van der Waals surface area contributed by atoms with Crippen LogP contribution < -0.4 is 0 Å². The molecule has 1 aliphatic rings. The second-order valence-corrected chi connectivity index (χ2v) is 3.04. The van der Waals surface area contributed by atoms with E-state index in [0.717, 1.165) is 5.06 Å². The summed E-state index contributed by atoms with van der Waals surface area (Å²) in [5.74, 6) is 2.05. The van der Waals surface area contributed by atoms with E-state index in [1.165, 1.54) is 11.8 Å². The Morgan fingerprint density at radius 3 is 2.58 bits per heavy atom. The third kappa shape index (κ3) is 2.00. The number of terminal acetylenes is 1. The lowest BCUT2D eigenvalue weighted by Gasteiger charge is -2.21. The van der Waals surface area contributed by atoms with Crippen molar-refractivity contribution in [3.8, 4) is 12.3 Å². The van der Waals surface area contributed by atoms with E-state index in [9.17, 15) is 9.59 Å². The summed E-state index contributed by atoms with van der Waals surface area (Å²) in [7, 11) is 0. The van der Waals surface area contributed by atoms with Crippen LogP contribution >= 0.6 is 11.8 Å². The van der Waals surface area contributed by atoms with Gasteiger partial charge in [-0.1, -0.05) is 5.92 Å². The fourth-order valence-corrected chi connectivity index (χ4v) is 1.41. The van der Waals surface area contributed by atoms with E-state index < -0.39 is 0 Å². The predicted molar refractivity (Wildman–Crippen MR) is 44.0 cm³/mol. The van der Waals surface area contributed by atoms with Gasteiger partial charge >= 0.3 is 0 Å². The molecule has 0 spiro atoms. The van der Waals surface area contributed by atoms with Gasteiger partial charge in [0.15, 0.2) is 0 Å². The van der Waals surface area contributed by atoms with Gasteiger partial charge in [0.25, 0.3) is 11.8 Å². The Balaban J connectivity index is 2.52. The van der Waals surface area contributed by atoms with E-state index in [2.05, 4.69) is 5.92 Å². The Morgan fingerprint density at radius 2 is 2.08 bits per heavy atom. The lowest BCUT2D eigenvalue weighted by molar-refractivity contribution is -0.188. The number of carbonyl (C=O) groups is 2. The van der Waals surface area contributed by atoms with Crippen LogP contribution in [0.3, 0.4) is 0 Å². The van der Waals surface area contributed by atoms with Crippen LogP contribution in [0, 0.1) is 12.3 Å². The number of imide groups is 1. The Hall–Kier alpha value is -0.990. The maximum absolute atomic E-state index is 11.0. The van der Waals surface area contributed by atoms with Crippen molar-refractivity contribution in [1.29, 1.82) is 0 Å². The molecule has 1 fully saturated rings. The smallest absolute Gasteiger partial charge is 0.263 e. The van der Waals surface area contributed by atoms with E-state index in [1.807, 2.05) is 0 Å². The molecule has 0 saturated carbocycles. The minimum absolute atomic E-state index is 0.0534. The first-order valence-corrected chi connectivity index (χ1v) is 4.41. The molecule has 0 radical (unpaired) electrons. The molecule has 0 aliphatic carbocycles. The summed E-state index contributed by atoms with van der Waals surface area (Å²) < 4.78 is 0. The highest BCUT2D eigenvalue weighted by Crippen LogP contribution is 2.11. The molecule has 0 atom stereocenters. The molecule has 1 saturated heterocycles. The highest BCUT2D eigenvalue weighted by Gasteiger charge is 2.27. The van der Waals surface area contributed by atoms with Gasteiger partial charge in [0.2, 0.25) is 0 Å². The highest BCUT2D eigenvalue weighted by molar-refractivity contribution is 8.00. The van der Waals surface area contributed by atoms with Crippen LogP contribution in [0.15, 0.2) is 0 Å². The Kier molecular flexibility index (Phi) is 3.14. The number of hydroxylamine groups is 2. The van der Waals surface area contributed by atoms with Gasteiger partial charge in [0, 0.05) is 0 Å². The molecular formula is C7H7NO3S. The predicted octanol–water partition coefficient (Wildman–Crippen LogP) is -0.347. The van der Waals surface area contributed by atoms with Crippen molar-refractivity contribution >= 4 is 23.6 Å². The minimum Gasteiger partial charge on any atom is -0.271 e. The van der Waals surface area contributed by atoms with Gasteiger partial charge in [0.05, 0.1) is 11.5 Å². The molecule has 64 valence electrons. The van der Waals surface area contributed by atoms with E-state index in [1.54, 1.807) is 0 Å². The van der Waals surface area contributed by atoms with E-state index in [0.29, 0.717) is 0 Å². The molecule has 0 aromatic carbocycles. The summed E-state index contributed by atoms with van der Waals surface area (Å²) in [6, 6.07) is 0. The molecule has 0 bridgehead atoms. The van der Waals surface area contributed by atoms with Crippen LogP contribution in [0.4, 0.5) is 0 Å². The average Bonchev–Trinajstić information content (AvgIpc) is 2.04. The normalized spacial score (nSPS) is 17.8.